The van der Waals surface area contributed by atoms with E-state index in [-0.39, 0.29) is 128 Å². The van der Waals surface area contributed by atoms with Crippen molar-refractivity contribution < 1.29 is 101 Å². The Bertz CT molecular complexity index is 4220. The number of benzene rings is 2. The molecule has 49 nitrogen and oxygen atoms in total. The minimum absolute atomic E-state index is 0.00287. The van der Waals surface area contributed by atoms with Gasteiger partial charge in [-0.1, -0.05) is 93.8 Å². The molecule has 0 heterocycles. The summed E-state index contributed by atoms with van der Waals surface area (Å²) in [4.78, 5) is 258. The van der Waals surface area contributed by atoms with Crippen LogP contribution in [0.4, 0.5) is 0 Å². The molecule has 38 N–H and O–H groups in total. The smallest absolute Gasteiger partial charge is 0.246 e. The number of hydrogen-bond donors (Lipinski definition) is 30. The van der Waals surface area contributed by atoms with Crippen LogP contribution in [0.2, 0.25) is 0 Å². The Morgan fingerprint density at radius 3 is 1.29 bits per heavy atom. The van der Waals surface area contributed by atoms with E-state index in [9.17, 15) is 96.5 Å². The summed E-state index contributed by atoms with van der Waals surface area (Å²) in [6, 6.07) is -2.35. The van der Waals surface area contributed by atoms with Gasteiger partial charge < -0.3 is 152 Å². The molecular weight excluding hydrogens is 1730 g/mol. The van der Waals surface area contributed by atoms with E-state index in [2.05, 4.69) is 95.7 Å². The maximum absolute atomic E-state index is 15.1. The summed E-state index contributed by atoms with van der Waals surface area (Å²) in [5.74, 6) is -19.4. The first-order valence-corrected chi connectivity index (χ1v) is 43.7. The van der Waals surface area contributed by atoms with Gasteiger partial charge in [0.25, 0.3) is 0 Å². The molecule has 49 heteroatoms. The quantitative estimate of drug-likeness (QED) is 0.0166. The van der Waals surface area contributed by atoms with Crippen molar-refractivity contribution in [1.82, 2.24) is 95.7 Å². The third kappa shape index (κ3) is 43.4. The van der Waals surface area contributed by atoms with E-state index < -0.39 is 247 Å². The Morgan fingerprint density at radius 2 is 0.811 bits per heavy atom. The van der Waals surface area contributed by atoms with Crippen molar-refractivity contribution in [3.63, 3.8) is 0 Å². The summed E-state index contributed by atoms with van der Waals surface area (Å²) < 4.78 is 0. The molecule has 3 rings (SSSR count). The SMILES string of the molecule is CC(C)C[C@H](NC(=O)[C@H](CCCCN)NC(=O)[C@H](CCCNC(=N)N)NC(=O)C1(NC(=O)[C@H](CO)NC(=O)[C@H](CCCCN)NC(=O)[C@H](CCCNC(=N)N)NC(=O)[C@H](C)NC(=O)CNC(=O)[C@@H](NC(=O)[C@H](Cc2ccccc2)NC(=O)CNC(=O)CNC(=O)[C@@H](N)Cc2ccccc2)[C@@H](C)O)CCCCC1)C(=O)N[C@@H](C)C(=O)N[C@@H](CC(N)=O)C(=O)N[C@@H](CCC(N)=O)C(N)=O. The van der Waals surface area contributed by atoms with Crippen LogP contribution in [0, 0.1) is 16.7 Å². The van der Waals surface area contributed by atoms with E-state index in [0.717, 1.165) is 12.5 Å². The Labute approximate surface area is 764 Å². The number of unbranched alkanes of at least 4 members (excludes halogenated alkanes) is 2. The zero-order valence-corrected chi connectivity index (χ0v) is 75.2. The van der Waals surface area contributed by atoms with Crippen molar-refractivity contribution in [2.75, 3.05) is 52.4 Å². The molecule has 0 unspecified atom stereocenters. The monoisotopic (exact) mass is 1860 g/mol. The van der Waals surface area contributed by atoms with Gasteiger partial charge in [-0.15, -0.1) is 0 Å². The van der Waals surface area contributed by atoms with Crippen LogP contribution >= 0.6 is 0 Å². The van der Waals surface area contributed by atoms with Crippen LogP contribution in [-0.2, 0) is 104 Å². The van der Waals surface area contributed by atoms with E-state index >= 15 is 4.79 Å². The van der Waals surface area contributed by atoms with Gasteiger partial charge in [0.05, 0.1) is 44.8 Å². The summed E-state index contributed by atoms with van der Waals surface area (Å²) in [5, 5.41) is 81.7. The van der Waals surface area contributed by atoms with E-state index in [1.165, 1.54) is 13.8 Å². The molecule has 1 aliphatic carbocycles. The summed E-state index contributed by atoms with van der Waals surface area (Å²) in [6.45, 7) is 4.14. The predicted octanol–water partition coefficient (Wildman–Crippen LogP) is -10.3. The second-order valence-corrected chi connectivity index (χ2v) is 32.6. The molecule has 1 saturated carbocycles. The lowest BCUT2D eigenvalue weighted by Crippen LogP contribution is -2.66. The number of aliphatic hydroxyl groups excluding tert-OH is 2. The molecule has 0 aliphatic heterocycles. The van der Waals surface area contributed by atoms with Gasteiger partial charge >= 0.3 is 0 Å². The molecule has 2 aromatic rings. The first-order valence-electron chi connectivity index (χ1n) is 43.7. The molecule has 132 heavy (non-hydrogen) atoms. The van der Waals surface area contributed by atoms with E-state index in [1.807, 2.05) is 0 Å². The van der Waals surface area contributed by atoms with Gasteiger partial charge in [0.2, 0.25) is 112 Å². The van der Waals surface area contributed by atoms with Crippen LogP contribution in [0.15, 0.2) is 60.7 Å². The lowest BCUT2D eigenvalue weighted by molar-refractivity contribution is -0.140. The summed E-state index contributed by atoms with van der Waals surface area (Å²) in [6.07, 6.45) is -1.47. The first-order chi connectivity index (χ1) is 62.4. The van der Waals surface area contributed by atoms with Crippen LogP contribution in [0.25, 0.3) is 0 Å². The normalized spacial score (nSPS) is 15.2. The van der Waals surface area contributed by atoms with Crippen molar-refractivity contribution in [2.24, 2.45) is 51.8 Å². The number of primary amides is 3. The Morgan fingerprint density at radius 1 is 0.394 bits per heavy atom. The van der Waals surface area contributed by atoms with Gasteiger partial charge in [-0.2, -0.15) is 0 Å². The van der Waals surface area contributed by atoms with E-state index in [0.29, 0.717) is 37.7 Å². The Kier molecular flexibility index (Phi) is 51.2. The molecule has 1 aliphatic rings. The van der Waals surface area contributed by atoms with Crippen molar-refractivity contribution in [3.8, 4) is 0 Å². The van der Waals surface area contributed by atoms with Crippen molar-refractivity contribution >= 4 is 124 Å². The number of nitrogens with two attached hydrogens (primary N) is 8. The van der Waals surface area contributed by atoms with Gasteiger partial charge in [0, 0.05) is 25.9 Å². The van der Waals surface area contributed by atoms with Gasteiger partial charge in [-0.3, -0.25) is 102 Å². The van der Waals surface area contributed by atoms with Gasteiger partial charge in [-0.05, 0) is 147 Å². The highest BCUT2D eigenvalue weighted by molar-refractivity contribution is 6.02. The molecule has 0 bridgehead atoms. The molecule has 2 aromatic carbocycles. The number of amides is 19. The molecule has 19 amide bonds. The largest absolute Gasteiger partial charge is 0.394 e. The topological polar surface area (TPSA) is 837 Å². The van der Waals surface area contributed by atoms with Crippen LogP contribution in [0.5, 0.6) is 0 Å². The number of carbonyl (C=O) groups excluding carboxylic acids is 19. The fourth-order valence-corrected chi connectivity index (χ4v) is 13.6. The standard InChI is InChI=1S/C83H136N28O21/c1-45(2)37-57(75(127)100-47(4)69(121)106-59(40-62(88)115)76(128)102-52(67(89)119)29-30-61(87)114)107-72(124)53(25-13-17-33-84)105-74(126)56(28-20-36-95-82(92)93)109-80(132)83(31-15-8-16-32-83)111-78(130)60(44-112)108-73(125)54(26-14-18-34-85)104-71(123)55(27-19-35-94-81(90)91)103-68(120)46(3)99-64(117)43-98-79(131)66(48(5)113)110-77(129)58(39-50-23-11-7-12-24-50)101-65(118)42-96-63(116)41-97-70(122)51(86)38-49-21-9-6-10-22-49/h6-7,9-12,21-24,45-48,51-60,66,112-113H,8,13-20,25-44,84-86H2,1-5H3,(H2,87,114)(H2,88,115)(H2,89,119)(H,96,116)(H,97,122)(H,98,131)(H,99,117)(H,100,127)(H,101,118)(H,102,128)(H,103,120)(H,104,123)(H,105,126)(H,106,121)(H,107,124)(H,108,125)(H,109,132)(H,110,129)(H,111,130)(H4,90,91,94)(H4,92,93,95)/t46-,47-,48+,51-,52-,53-,54-,55-,56-,57-,58-,59-,60-,66-/m0/s1. The fourth-order valence-electron chi connectivity index (χ4n) is 13.6. The molecule has 0 saturated heterocycles. The molecule has 0 aromatic heterocycles. The lowest BCUT2D eigenvalue weighted by atomic mass is 9.80. The number of rotatable bonds is 62. The third-order valence-electron chi connectivity index (χ3n) is 20.9. The number of nitrogens with one attached hydrogen (secondary N) is 20. The molecule has 0 radical (unpaired) electrons. The maximum atomic E-state index is 15.1. The molecular formula is C83H136N28O21. The predicted molar refractivity (Wildman–Crippen MR) is 480 cm³/mol. The zero-order chi connectivity index (χ0) is 98.7. The van der Waals surface area contributed by atoms with Crippen LogP contribution in [0.1, 0.15) is 168 Å². The molecule has 0 spiro atoms. The summed E-state index contributed by atoms with van der Waals surface area (Å²) >= 11 is 0. The van der Waals surface area contributed by atoms with Crippen LogP contribution in [-0.4, -0.2) is 277 Å². The average molecular weight is 1860 g/mol. The van der Waals surface area contributed by atoms with Crippen LogP contribution in [0.3, 0.4) is 0 Å². The second kappa shape index (κ2) is 59.8. The van der Waals surface area contributed by atoms with Gasteiger partial charge in [0.15, 0.2) is 11.9 Å². The summed E-state index contributed by atoms with van der Waals surface area (Å²) in [5.41, 5.74) is 44.2. The molecule has 1 fully saturated rings. The Balaban J connectivity index is 1.83. The van der Waals surface area contributed by atoms with Crippen molar-refractivity contribution in [2.45, 2.75) is 260 Å². The van der Waals surface area contributed by atoms with Crippen molar-refractivity contribution in [1.29, 1.82) is 10.8 Å². The Hall–Kier alpha value is -13.3. The van der Waals surface area contributed by atoms with Crippen LogP contribution < -0.4 is 142 Å². The maximum Gasteiger partial charge on any atom is 0.246 e. The number of guanidine groups is 2. The third-order valence-corrected chi connectivity index (χ3v) is 20.9. The van der Waals surface area contributed by atoms with Gasteiger partial charge in [0.1, 0.15) is 78.0 Å². The zero-order valence-electron chi connectivity index (χ0n) is 75.2. The first kappa shape index (κ1) is 113. The number of carbonyl (C=O) groups is 19. The number of aliphatic hydroxyl groups is 2. The average Bonchev–Trinajstić information content (AvgIpc) is 0.801. The molecule has 734 valence electrons. The highest BCUT2D eigenvalue weighted by Crippen LogP contribution is 2.29. The number of hydrogen-bond acceptors (Lipinski definition) is 26. The highest BCUT2D eigenvalue weighted by atomic mass is 16.3. The summed E-state index contributed by atoms with van der Waals surface area (Å²) in [7, 11) is 0. The van der Waals surface area contributed by atoms with Crippen molar-refractivity contribution in [3.05, 3.63) is 71.8 Å². The second-order valence-electron chi connectivity index (χ2n) is 32.6. The van der Waals surface area contributed by atoms with E-state index in [4.69, 9.17) is 56.7 Å². The minimum atomic E-state index is -1.85. The highest BCUT2D eigenvalue weighted by Gasteiger charge is 2.45. The fraction of sp³-hybridized carbons (Fsp3) is 0.602. The molecule has 14 atom stereocenters. The van der Waals surface area contributed by atoms with Gasteiger partial charge in [-0.25, -0.2) is 0 Å². The minimum Gasteiger partial charge on any atom is -0.394 e. The van der Waals surface area contributed by atoms with E-state index in [1.54, 1.807) is 74.5 Å². The lowest BCUT2D eigenvalue weighted by Gasteiger charge is -2.38.